The van der Waals surface area contributed by atoms with Gasteiger partial charge in [0.05, 0.1) is 0 Å². The number of guanidine groups is 1. The molecule has 1 aliphatic rings. The highest BCUT2D eigenvalue weighted by Gasteiger charge is 2.12. The standard InChI is InChI=1S/C18H33N5O.HI/c1-3-19-18(20-13-7-11-16-9-5-4-6-10-16)21-14-8-12-17-22-15(2)23-24-17;/h16H,3-14H2,1-2H3,(H2,19,20,21);1H. The van der Waals surface area contributed by atoms with Crippen molar-refractivity contribution < 1.29 is 4.52 Å². The summed E-state index contributed by atoms with van der Waals surface area (Å²) in [4.78, 5) is 8.84. The SMILES string of the molecule is CCNC(=NCCCc1nc(C)no1)NCCCC1CCCCC1.I. The molecule has 1 saturated carbocycles. The zero-order valence-electron chi connectivity index (χ0n) is 15.7. The molecule has 0 bridgehead atoms. The summed E-state index contributed by atoms with van der Waals surface area (Å²) < 4.78 is 5.12. The second kappa shape index (κ2) is 13.4. The van der Waals surface area contributed by atoms with Crippen molar-refractivity contribution in [2.24, 2.45) is 10.9 Å². The predicted octanol–water partition coefficient (Wildman–Crippen LogP) is 3.84. The van der Waals surface area contributed by atoms with E-state index in [1.54, 1.807) is 0 Å². The third-order valence-electron chi connectivity index (χ3n) is 4.54. The number of hydrogen-bond acceptors (Lipinski definition) is 4. The van der Waals surface area contributed by atoms with Crippen molar-refractivity contribution in [3.05, 3.63) is 11.7 Å². The van der Waals surface area contributed by atoms with E-state index in [-0.39, 0.29) is 24.0 Å². The average molecular weight is 463 g/mol. The molecule has 0 aromatic carbocycles. The Bertz CT molecular complexity index is 486. The Morgan fingerprint density at radius 2 is 2.00 bits per heavy atom. The third-order valence-corrected chi connectivity index (χ3v) is 4.54. The molecule has 0 aliphatic heterocycles. The van der Waals surface area contributed by atoms with E-state index in [0.717, 1.165) is 44.4 Å². The third kappa shape index (κ3) is 9.42. The van der Waals surface area contributed by atoms with Gasteiger partial charge in [-0.25, -0.2) is 0 Å². The van der Waals surface area contributed by atoms with Gasteiger partial charge in [-0.3, -0.25) is 4.99 Å². The lowest BCUT2D eigenvalue weighted by Crippen LogP contribution is -2.38. The van der Waals surface area contributed by atoms with Crippen LogP contribution in [0.4, 0.5) is 0 Å². The molecule has 0 radical (unpaired) electrons. The summed E-state index contributed by atoms with van der Waals surface area (Å²) in [7, 11) is 0. The van der Waals surface area contributed by atoms with E-state index in [1.165, 1.54) is 44.9 Å². The summed E-state index contributed by atoms with van der Waals surface area (Å²) in [5.41, 5.74) is 0. The summed E-state index contributed by atoms with van der Waals surface area (Å²) >= 11 is 0. The second-order valence-electron chi connectivity index (χ2n) is 6.67. The Morgan fingerprint density at radius 3 is 2.68 bits per heavy atom. The van der Waals surface area contributed by atoms with Crippen molar-refractivity contribution in [1.82, 2.24) is 20.8 Å². The lowest BCUT2D eigenvalue weighted by Gasteiger charge is -2.21. The molecule has 7 heteroatoms. The molecule has 2 rings (SSSR count). The fourth-order valence-electron chi connectivity index (χ4n) is 3.28. The van der Waals surface area contributed by atoms with Crippen molar-refractivity contribution in [2.45, 2.75) is 71.6 Å². The second-order valence-corrected chi connectivity index (χ2v) is 6.67. The molecule has 1 fully saturated rings. The maximum absolute atomic E-state index is 5.12. The van der Waals surface area contributed by atoms with E-state index >= 15 is 0 Å². The summed E-state index contributed by atoms with van der Waals surface area (Å²) in [5, 5.41) is 10.6. The van der Waals surface area contributed by atoms with Gasteiger partial charge in [-0.2, -0.15) is 4.98 Å². The van der Waals surface area contributed by atoms with Gasteiger partial charge < -0.3 is 15.2 Å². The fraction of sp³-hybridized carbons (Fsp3) is 0.833. The van der Waals surface area contributed by atoms with E-state index in [1.807, 2.05) is 6.92 Å². The first-order chi connectivity index (χ1) is 11.8. The fourth-order valence-corrected chi connectivity index (χ4v) is 3.28. The van der Waals surface area contributed by atoms with Crippen molar-refractivity contribution in [1.29, 1.82) is 0 Å². The van der Waals surface area contributed by atoms with Crippen LogP contribution in [0.3, 0.4) is 0 Å². The van der Waals surface area contributed by atoms with Gasteiger partial charge in [0.2, 0.25) is 5.89 Å². The largest absolute Gasteiger partial charge is 0.357 e. The Labute approximate surface area is 169 Å². The Morgan fingerprint density at radius 1 is 1.20 bits per heavy atom. The van der Waals surface area contributed by atoms with Gasteiger partial charge in [0.15, 0.2) is 11.8 Å². The molecule has 6 nitrogen and oxygen atoms in total. The minimum Gasteiger partial charge on any atom is -0.357 e. The molecular weight excluding hydrogens is 429 g/mol. The van der Waals surface area contributed by atoms with E-state index in [2.05, 4.69) is 32.7 Å². The van der Waals surface area contributed by atoms with Crippen LogP contribution >= 0.6 is 24.0 Å². The maximum Gasteiger partial charge on any atom is 0.226 e. The minimum absolute atomic E-state index is 0. The topological polar surface area (TPSA) is 75.3 Å². The van der Waals surface area contributed by atoms with Crippen LogP contribution in [0.5, 0.6) is 0 Å². The molecule has 0 saturated heterocycles. The molecule has 1 aromatic heterocycles. The zero-order chi connectivity index (χ0) is 17.0. The number of halogens is 1. The van der Waals surface area contributed by atoms with Crippen molar-refractivity contribution >= 4 is 29.9 Å². The van der Waals surface area contributed by atoms with E-state index < -0.39 is 0 Å². The lowest BCUT2D eigenvalue weighted by molar-refractivity contribution is 0.332. The highest BCUT2D eigenvalue weighted by atomic mass is 127. The minimum atomic E-state index is 0. The zero-order valence-corrected chi connectivity index (χ0v) is 18.1. The van der Waals surface area contributed by atoms with Crippen LogP contribution in [0.15, 0.2) is 9.52 Å². The molecule has 144 valence electrons. The summed E-state index contributed by atoms with van der Waals surface area (Å²) in [5.74, 6) is 3.27. The quantitative estimate of drug-likeness (QED) is 0.252. The van der Waals surface area contributed by atoms with Crippen LogP contribution in [0, 0.1) is 12.8 Å². The number of aryl methyl sites for hydroxylation is 2. The molecule has 1 aromatic rings. The Hall–Kier alpha value is -0.860. The summed E-state index contributed by atoms with van der Waals surface area (Å²) in [6, 6.07) is 0. The first kappa shape index (κ1) is 22.2. The molecule has 0 unspecified atom stereocenters. The Kier molecular flexibility index (Phi) is 11.9. The number of aliphatic imine (C=N–C) groups is 1. The van der Waals surface area contributed by atoms with Crippen LogP contribution in [0.1, 0.15) is 70.0 Å². The van der Waals surface area contributed by atoms with Gasteiger partial charge >= 0.3 is 0 Å². The number of nitrogens with zero attached hydrogens (tertiary/aromatic N) is 3. The van der Waals surface area contributed by atoms with Crippen LogP contribution in [-0.2, 0) is 6.42 Å². The van der Waals surface area contributed by atoms with Crippen LogP contribution < -0.4 is 10.6 Å². The van der Waals surface area contributed by atoms with Gasteiger partial charge in [-0.15, -0.1) is 24.0 Å². The highest BCUT2D eigenvalue weighted by Crippen LogP contribution is 2.26. The average Bonchev–Trinajstić information content (AvgIpc) is 3.01. The molecule has 0 spiro atoms. The normalized spacial score (nSPS) is 15.7. The molecule has 25 heavy (non-hydrogen) atoms. The van der Waals surface area contributed by atoms with Crippen molar-refractivity contribution in [2.75, 3.05) is 19.6 Å². The number of hydrogen-bond donors (Lipinski definition) is 2. The van der Waals surface area contributed by atoms with Crippen LogP contribution in [0.25, 0.3) is 0 Å². The number of rotatable bonds is 9. The Balaban J connectivity index is 0.00000312. The number of nitrogens with one attached hydrogen (secondary N) is 2. The molecule has 0 atom stereocenters. The van der Waals surface area contributed by atoms with Gasteiger partial charge in [0.1, 0.15) is 0 Å². The van der Waals surface area contributed by atoms with Gasteiger partial charge in [-0.1, -0.05) is 37.3 Å². The van der Waals surface area contributed by atoms with Gasteiger partial charge in [0, 0.05) is 26.1 Å². The van der Waals surface area contributed by atoms with Gasteiger partial charge in [0.25, 0.3) is 0 Å². The van der Waals surface area contributed by atoms with E-state index in [4.69, 9.17) is 4.52 Å². The van der Waals surface area contributed by atoms with Crippen LogP contribution in [-0.4, -0.2) is 35.7 Å². The first-order valence-corrected chi connectivity index (χ1v) is 9.59. The number of aromatic nitrogens is 2. The maximum atomic E-state index is 5.12. The summed E-state index contributed by atoms with van der Waals surface area (Å²) in [6.45, 7) is 6.59. The molecule has 0 amide bonds. The monoisotopic (exact) mass is 463 g/mol. The predicted molar refractivity (Wildman–Crippen MR) is 113 cm³/mol. The molecule has 1 aliphatic carbocycles. The van der Waals surface area contributed by atoms with E-state index in [0.29, 0.717) is 11.7 Å². The van der Waals surface area contributed by atoms with Gasteiger partial charge in [-0.05, 0) is 39.0 Å². The van der Waals surface area contributed by atoms with E-state index in [9.17, 15) is 0 Å². The molecular formula is C18H34IN5O. The van der Waals surface area contributed by atoms with Crippen LogP contribution in [0.2, 0.25) is 0 Å². The highest BCUT2D eigenvalue weighted by molar-refractivity contribution is 14.0. The molecule has 2 N–H and O–H groups in total. The summed E-state index contributed by atoms with van der Waals surface area (Å²) in [6.07, 6.45) is 11.5. The first-order valence-electron chi connectivity index (χ1n) is 9.59. The lowest BCUT2D eigenvalue weighted by atomic mass is 9.86. The van der Waals surface area contributed by atoms with Crippen molar-refractivity contribution in [3.63, 3.8) is 0 Å². The smallest absolute Gasteiger partial charge is 0.226 e. The van der Waals surface area contributed by atoms with Crippen molar-refractivity contribution in [3.8, 4) is 0 Å². The molecule has 1 heterocycles.